The largest absolute Gasteiger partial charge is 0.357 e. The van der Waals surface area contributed by atoms with Crippen LogP contribution in [0, 0.1) is 6.92 Å². The van der Waals surface area contributed by atoms with Crippen LogP contribution in [-0.4, -0.2) is 53.1 Å². The van der Waals surface area contributed by atoms with Gasteiger partial charge in [0.05, 0.1) is 11.1 Å². The SMILES string of the molecule is CNC(=O)[C@H](C)N(Cc1ccc(C)cc1)C(=O)CCCN1C(=O)c2ccccc2C1=O. The number of carbonyl (C=O) groups is 4. The summed E-state index contributed by atoms with van der Waals surface area (Å²) in [5.74, 6) is -1.11. The molecule has 31 heavy (non-hydrogen) atoms. The van der Waals surface area contributed by atoms with E-state index in [1.807, 2.05) is 31.2 Å². The van der Waals surface area contributed by atoms with Crippen LogP contribution in [-0.2, 0) is 16.1 Å². The summed E-state index contributed by atoms with van der Waals surface area (Å²) in [7, 11) is 1.54. The maximum absolute atomic E-state index is 13.0. The Morgan fingerprint density at radius 2 is 1.58 bits per heavy atom. The summed E-state index contributed by atoms with van der Waals surface area (Å²) in [5, 5.41) is 2.59. The van der Waals surface area contributed by atoms with Crippen molar-refractivity contribution >= 4 is 23.6 Å². The number of nitrogens with zero attached hydrogens (tertiary/aromatic N) is 2. The van der Waals surface area contributed by atoms with Gasteiger partial charge in [0.1, 0.15) is 6.04 Å². The van der Waals surface area contributed by atoms with Crippen LogP contribution in [0.2, 0.25) is 0 Å². The topological polar surface area (TPSA) is 86.8 Å². The van der Waals surface area contributed by atoms with E-state index in [0.717, 1.165) is 11.1 Å². The molecule has 0 aromatic heterocycles. The first-order valence-electron chi connectivity index (χ1n) is 10.3. The van der Waals surface area contributed by atoms with E-state index in [9.17, 15) is 19.2 Å². The van der Waals surface area contributed by atoms with Crippen LogP contribution in [0.3, 0.4) is 0 Å². The Morgan fingerprint density at radius 1 is 1.00 bits per heavy atom. The molecule has 0 fully saturated rings. The normalized spacial score (nSPS) is 13.7. The van der Waals surface area contributed by atoms with Crippen LogP contribution in [0.1, 0.15) is 51.6 Å². The van der Waals surface area contributed by atoms with E-state index in [1.165, 1.54) is 16.8 Å². The van der Waals surface area contributed by atoms with Crippen LogP contribution in [0.15, 0.2) is 48.5 Å². The predicted molar refractivity (Wildman–Crippen MR) is 116 cm³/mol. The molecule has 1 atom stereocenters. The molecule has 2 aromatic rings. The third-order valence-corrected chi connectivity index (χ3v) is 5.54. The number of fused-ring (bicyclic) bond motifs is 1. The second-order valence-corrected chi connectivity index (χ2v) is 7.71. The fraction of sp³-hybridized carbons (Fsp3) is 0.333. The first-order chi connectivity index (χ1) is 14.8. The van der Waals surface area contributed by atoms with Gasteiger partial charge >= 0.3 is 0 Å². The molecule has 4 amide bonds. The number of rotatable bonds is 8. The fourth-order valence-electron chi connectivity index (χ4n) is 3.66. The average Bonchev–Trinajstić information content (AvgIpc) is 3.02. The molecule has 2 aromatic carbocycles. The van der Waals surface area contributed by atoms with Gasteiger partial charge in [-0.15, -0.1) is 0 Å². The first kappa shape index (κ1) is 22.2. The third kappa shape index (κ3) is 4.82. The quantitative estimate of drug-likeness (QED) is 0.664. The molecule has 3 rings (SSSR count). The molecule has 0 radical (unpaired) electrons. The summed E-state index contributed by atoms with van der Waals surface area (Å²) in [6.45, 7) is 4.14. The van der Waals surface area contributed by atoms with Crippen LogP contribution in [0.5, 0.6) is 0 Å². The zero-order valence-corrected chi connectivity index (χ0v) is 18.1. The zero-order chi connectivity index (χ0) is 22.5. The highest BCUT2D eigenvalue weighted by Gasteiger charge is 2.35. The molecule has 0 unspecified atom stereocenters. The minimum atomic E-state index is -0.641. The minimum Gasteiger partial charge on any atom is -0.357 e. The van der Waals surface area contributed by atoms with E-state index < -0.39 is 6.04 Å². The van der Waals surface area contributed by atoms with Crippen molar-refractivity contribution in [1.82, 2.24) is 15.1 Å². The zero-order valence-electron chi connectivity index (χ0n) is 18.1. The van der Waals surface area contributed by atoms with Crippen molar-refractivity contribution in [1.29, 1.82) is 0 Å². The van der Waals surface area contributed by atoms with E-state index >= 15 is 0 Å². The molecule has 1 aliphatic rings. The first-order valence-corrected chi connectivity index (χ1v) is 10.3. The van der Waals surface area contributed by atoms with Crippen LogP contribution < -0.4 is 5.32 Å². The number of amides is 4. The maximum atomic E-state index is 13.0. The molecule has 0 bridgehead atoms. The summed E-state index contributed by atoms with van der Waals surface area (Å²) in [6.07, 6.45) is 0.454. The highest BCUT2D eigenvalue weighted by Crippen LogP contribution is 2.23. The number of hydrogen-bond acceptors (Lipinski definition) is 4. The van der Waals surface area contributed by atoms with Crippen LogP contribution in [0.25, 0.3) is 0 Å². The number of hydrogen-bond donors (Lipinski definition) is 1. The monoisotopic (exact) mass is 421 g/mol. The molecule has 0 saturated heterocycles. The van der Waals surface area contributed by atoms with Crippen molar-refractivity contribution in [2.24, 2.45) is 0 Å². The summed E-state index contributed by atoms with van der Waals surface area (Å²) < 4.78 is 0. The lowest BCUT2D eigenvalue weighted by molar-refractivity contribution is -0.140. The van der Waals surface area contributed by atoms with Gasteiger partial charge in [0, 0.05) is 26.6 Å². The van der Waals surface area contributed by atoms with Gasteiger partial charge < -0.3 is 10.2 Å². The van der Waals surface area contributed by atoms with E-state index in [0.29, 0.717) is 24.1 Å². The number of nitrogens with one attached hydrogen (secondary N) is 1. The van der Waals surface area contributed by atoms with Crippen molar-refractivity contribution in [3.8, 4) is 0 Å². The Bertz CT molecular complexity index is 965. The molecule has 0 aliphatic carbocycles. The second-order valence-electron chi connectivity index (χ2n) is 7.71. The number of aryl methyl sites for hydroxylation is 1. The van der Waals surface area contributed by atoms with Gasteiger partial charge in [0.25, 0.3) is 11.8 Å². The highest BCUT2D eigenvalue weighted by molar-refractivity contribution is 6.21. The van der Waals surface area contributed by atoms with Gasteiger partial charge in [-0.3, -0.25) is 24.1 Å². The van der Waals surface area contributed by atoms with Crippen molar-refractivity contribution in [3.63, 3.8) is 0 Å². The summed E-state index contributed by atoms with van der Waals surface area (Å²) in [4.78, 5) is 52.9. The van der Waals surface area contributed by atoms with Gasteiger partial charge in [-0.05, 0) is 38.0 Å². The van der Waals surface area contributed by atoms with Gasteiger partial charge in [0.15, 0.2) is 0 Å². The number of likely N-dealkylation sites (N-methyl/N-ethyl adjacent to an activating group) is 1. The average molecular weight is 421 g/mol. The molecule has 1 aliphatic heterocycles. The van der Waals surface area contributed by atoms with Gasteiger partial charge in [0.2, 0.25) is 11.8 Å². The summed E-state index contributed by atoms with van der Waals surface area (Å²) in [5.41, 5.74) is 2.83. The van der Waals surface area contributed by atoms with Crippen molar-refractivity contribution in [2.45, 2.75) is 39.3 Å². The van der Waals surface area contributed by atoms with Gasteiger partial charge in [-0.25, -0.2) is 0 Å². The molecule has 7 nitrogen and oxygen atoms in total. The van der Waals surface area contributed by atoms with Gasteiger partial charge in [-0.2, -0.15) is 0 Å². The smallest absolute Gasteiger partial charge is 0.261 e. The van der Waals surface area contributed by atoms with E-state index in [2.05, 4.69) is 5.32 Å². The van der Waals surface area contributed by atoms with Gasteiger partial charge in [-0.1, -0.05) is 42.0 Å². The Hall–Kier alpha value is -3.48. The lowest BCUT2D eigenvalue weighted by Crippen LogP contribution is -2.46. The van der Waals surface area contributed by atoms with Crippen molar-refractivity contribution < 1.29 is 19.2 Å². The van der Waals surface area contributed by atoms with E-state index in [-0.39, 0.29) is 36.6 Å². The number of benzene rings is 2. The second kappa shape index (κ2) is 9.55. The van der Waals surface area contributed by atoms with E-state index in [1.54, 1.807) is 31.2 Å². The van der Waals surface area contributed by atoms with Crippen molar-refractivity contribution in [2.75, 3.05) is 13.6 Å². The molecular weight excluding hydrogens is 394 g/mol. The molecule has 1 heterocycles. The summed E-state index contributed by atoms with van der Waals surface area (Å²) in [6, 6.07) is 13.9. The van der Waals surface area contributed by atoms with Crippen LogP contribution in [0.4, 0.5) is 0 Å². The molecule has 7 heteroatoms. The molecule has 162 valence electrons. The molecular formula is C24H27N3O4. The predicted octanol–water partition coefficient (Wildman–Crippen LogP) is 2.53. The Kier molecular flexibility index (Phi) is 6.84. The molecule has 0 spiro atoms. The lowest BCUT2D eigenvalue weighted by atomic mass is 10.1. The third-order valence-electron chi connectivity index (χ3n) is 5.54. The molecule has 0 saturated carbocycles. The summed E-state index contributed by atoms with van der Waals surface area (Å²) >= 11 is 0. The van der Waals surface area contributed by atoms with Crippen molar-refractivity contribution in [3.05, 3.63) is 70.8 Å². The Labute approximate surface area is 182 Å². The number of carbonyl (C=O) groups excluding carboxylic acids is 4. The fourth-order valence-corrected chi connectivity index (χ4v) is 3.66. The van der Waals surface area contributed by atoms with E-state index in [4.69, 9.17) is 0 Å². The van der Waals surface area contributed by atoms with Crippen LogP contribution >= 0.6 is 0 Å². The lowest BCUT2D eigenvalue weighted by Gasteiger charge is -2.28. The Balaban J connectivity index is 1.65. The molecule has 1 N–H and O–H groups in total. The minimum absolute atomic E-state index is 0.126. The Morgan fingerprint density at radius 3 is 2.13 bits per heavy atom. The number of imide groups is 1. The highest BCUT2D eigenvalue weighted by atomic mass is 16.2. The standard InChI is InChI=1S/C24H27N3O4/c1-16-10-12-18(13-11-16)15-27(17(2)22(29)25-3)21(28)9-6-14-26-23(30)19-7-4-5-8-20(19)24(26)31/h4-5,7-8,10-13,17H,6,9,14-15H2,1-3H3,(H,25,29)/t17-/m0/s1. The maximum Gasteiger partial charge on any atom is 0.261 e.